The predicted octanol–water partition coefficient (Wildman–Crippen LogP) is 4.25. The van der Waals surface area contributed by atoms with Gasteiger partial charge in [-0.15, -0.1) is 0 Å². The maximum absolute atomic E-state index is 12.9. The quantitative estimate of drug-likeness (QED) is 0.599. The van der Waals surface area contributed by atoms with E-state index in [0.29, 0.717) is 18.4 Å². The van der Waals surface area contributed by atoms with Crippen molar-refractivity contribution in [3.05, 3.63) is 77.9 Å². The molecule has 1 heterocycles. The molecule has 3 nitrogen and oxygen atoms in total. The first-order valence-corrected chi connectivity index (χ1v) is 8.96. The van der Waals surface area contributed by atoms with Crippen LogP contribution in [0.3, 0.4) is 0 Å². The van der Waals surface area contributed by atoms with Gasteiger partial charge in [-0.3, -0.25) is 0 Å². The van der Waals surface area contributed by atoms with Crippen molar-refractivity contribution in [2.75, 3.05) is 6.54 Å². The van der Waals surface area contributed by atoms with E-state index in [2.05, 4.69) is 6.58 Å². The number of benzene rings is 2. The van der Waals surface area contributed by atoms with Gasteiger partial charge in [-0.1, -0.05) is 72.2 Å². The minimum Gasteiger partial charge on any atom is -0.437 e. The van der Waals surface area contributed by atoms with E-state index in [1.807, 2.05) is 68.4 Å². The number of rotatable bonds is 5. The van der Waals surface area contributed by atoms with E-state index >= 15 is 0 Å². The molecule has 0 saturated carbocycles. The second-order valence-corrected chi connectivity index (χ2v) is 7.15. The Labute approximate surface area is 157 Å². The molecule has 0 bridgehead atoms. The number of cyclic esters (lactones) is 1. The fourth-order valence-electron chi connectivity index (χ4n) is 3.63. The Kier molecular flexibility index (Phi) is 5.22. The summed E-state index contributed by atoms with van der Waals surface area (Å²) in [6.07, 6.45) is 1.08. The van der Waals surface area contributed by atoms with Crippen LogP contribution in [0.4, 0.5) is 4.79 Å². The van der Waals surface area contributed by atoms with Gasteiger partial charge in [-0.25, -0.2) is 4.79 Å². The van der Waals surface area contributed by atoms with Crippen LogP contribution in [-0.2, 0) is 10.3 Å². The van der Waals surface area contributed by atoms with Crippen molar-refractivity contribution in [3.8, 4) is 0 Å². The fourth-order valence-corrected chi connectivity index (χ4v) is 3.63. The first kappa shape index (κ1) is 18.3. The minimum absolute atomic E-state index is 0.0679. The largest absolute Gasteiger partial charge is 0.437 e. The van der Waals surface area contributed by atoms with Crippen LogP contribution >= 0.6 is 0 Å². The molecule has 1 aliphatic heterocycles. The Morgan fingerprint density at radius 2 is 1.88 bits per heavy atom. The zero-order valence-electron chi connectivity index (χ0n) is 15.4. The van der Waals surface area contributed by atoms with Crippen molar-refractivity contribution < 1.29 is 9.53 Å². The maximum atomic E-state index is 12.9. The van der Waals surface area contributed by atoms with Crippen molar-refractivity contribution in [1.82, 2.24) is 4.90 Å². The minimum atomic E-state index is -0.637. The number of ether oxygens (including phenoxy) is 1. The lowest BCUT2D eigenvalue weighted by Crippen LogP contribution is -2.48. The molecule has 1 saturated heterocycles. The number of carbonyl (C=O) groups excluding carboxylic acids is 1. The van der Waals surface area contributed by atoms with E-state index in [0.717, 1.165) is 23.1 Å². The third kappa shape index (κ3) is 3.69. The van der Waals surface area contributed by atoms with Gasteiger partial charge in [0.1, 0.15) is 13.4 Å². The molecule has 2 radical (unpaired) electrons. The van der Waals surface area contributed by atoms with E-state index in [1.165, 1.54) is 0 Å². The Morgan fingerprint density at radius 1 is 1.23 bits per heavy atom. The molecule has 2 aromatic carbocycles. The predicted molar refractivity (Wildman–Crippen MR) is 106 cm³/mol. The number of nitrogens with zero attached hydrogens (tertiary/aromatic N) is 1. The third-order valence-corrected chi connectivity index (χ3v) is 5.05. The SMILES string of the molecule is [B]c1ccc([C@H](C)N2CC[C@@](CC(=C)C)(c3ccccc3)OC2=O)cc1. The van der Waals surface area contributed by atoms with Crippen molar-refractivity contribution in [3.63, 3.8) is 0 Å². The second-order valence-electron chi connectivity index (χ2n) is 7.15. The first-order chi connectivity index (χ1) is 12.4. The summed E-state index contributed by atoms with van der Waals surface area (Å²) < 4.78 is 6.05. The van der Waals surface area contributed by atoms with Gasteiger partial charge in [0.25, 0.3) is 0 Å². The van der Waals surface area contributed by atoms with E-state index in [1.54, 1.807) is 4.90 Å². The summed E-state index contributed by atoms with van der Waals surface area (Å²) in [6, 6.07) is 17.5. The lowest BCUT2D eigenvalue weighted by atomic mass is 9.83. The van der Waals surface area contributed by atoms with Crippen LogP contribution in [0.25, 0.3) is 0 Å². The first-order valence-electron chi connectivity index (χ1n) is 8.96. The van der Waals surface area contributed by atoms with Crippen molar-refractivity contribution in [2.24, 2.45) is 0 Å². The molecule has 26 heavy (non-hydrogen) atoms. The molecule has 0 N–H and O–H groups in total. The molecule has 132 valence electrons. The van der Waals surface area contributed by atoms with Crippen LogP contribution in [0.15, 0.2) is 66.7 Å². The monoisotopic (exact) mass is 345 g/mol. The molecule has 4 heteroatoms. The summed E-state index contributed by atoms with van der Waals surface area (Å²) >= 11 is 0. The highest BCUT2D eigenvalue weighted by atomic mass is 16.6. The van der Waals surface area contributed by atoms with Crippen LogP contribution in [0.5, 0.6) is 0 Å². The Morgan fingerprint density at radius 3 is 2.46 bits per heavy atom. The highest BCUT2D eigenvalue weighted by molar-refractivity contribution is 6.32. The summed E-state index contributed by atoms with van der Waals surface area (Å²) in [5, 5.41) is 0. The van der Waals surface area contributed by atoms with Gasteiger partial charge < -0.3 is 9.64 Å². The van der Waals surface area contributed by atoms with Crippen LogP contribution in [0, 0.1) is 0 Å². The van der Waals surface area contributed by atoms with Crippen LogP contribution < -0.4 is 5.46 Å². The lowest BCUT2D eigenvalue weighted by Gasteiger charge is -2.43. The molecule has 0 unspecified atom stereocenters. The van der Waals surface area contributed by atoms with Crippen LogP contribution in [0.1, 0.15) is 43.9 Å². The van der Waals surface area contributed by atoms with Crippen molar-refractivity contribution in [1.29, 1.82) is 0 Å². The normalized spacial score (nSPS) is 21.2. The molecule has 3 rings (SSSR count). The average molecular weight is 345 g/mol. The van der Waals surface area contributed by atoms with Gasteiger partial charge in [-0.05, 0) is 25.0 Å². The summed E-state index contributed by atoms with van der Waals surface area (Å²) in [7, 11) is 5.77. The molecule has 1 fully saturated rings. The van der Waals surface area contributed by atoms with Gasteiger partial charge in [0, 0.05) is 19.4 Å². The highest BCUT2D eigenvalue weighted by Crippen LogP contribution is 2.40. The maximum Gasteiger partial charge on any atom is 0.411 e. The Bertz CT molecular complexity index is 788. The van der Waals surface area contributed by atoms with Crippen LogP contribution in [-0.4, -0.2) is 25.4 Å². The fraction of sp³-hybridized carbons (Fsp3) is 0.318. The summed E-state index contributed by atoms with van der Waals surface area (Å²) in [5.74, 6) is 0. The zero-order valence-corrected chi connectivity index (χ0v) is 15.4. The standard InChI is InChI=1S/C22H24BNO2/c1-16(2)15-22(19-7-5-4-6-8-19)13-14-24(21(25)26-22)17(3)18-9-11-20(23)12-10-18/h4-12,17H,1,13-15H2,2-3H3/t17-,22+/m0/s1. The van der Waals surface area contributed by atoms with Crippen LogP contribution in [0.2, 0.25) is 0 Å². The molecular formula is C22H24BNO2. The average Bonchev–Trinajstić information content (AvgIpc) is 2.62. The lowest BCUT2D eigenvalue weighted by molar-refractivity contribution is -0.0602. The molecule has 0 spiro atoms. The smallest absolute Gasteiger partial charge is 0.411 e. The number of amides is 1. The van der Waals surface area contributed by atoms with E-state index in [-0.39, 0.29) is 12.1 Å². The summed E-state index contributed by atoms with van der Waals surface area (Å²) in [5.41, 5.74) is 3.15. The highest BCUT2D eigenvalue weighted by Gasteiger charge is 2.43. The molecular weight excluding hydrogens is 321 g/mol. The zero-order chi connectivity index (χ0) is 18.7. The number of hydrogen-bond donors (Lipinski definition) is 0. The van der Waals surface area contributed by atoms with Crippen molar-refractivity contribution in [2.45, 2.75) is 38.3 Å². The van der Waals surface area contributed by atoms with Gasteiger partial charge in [0.2, 0.25) is 0 Å². The molecule has 1 amide bonds. The summed E-state index contributed by atoms with van der Waals surface area (Å²) in [6.45, 7) is 8.66. The second kappa shape index (κ2) is 7.41. The number of hydrogen-bond acceptors (Lipinski definition) is 2. The molecule has 2 aromatic rings. The van der Waals surface area contributed by atoms with Gasteiger partial charge in [0.05, 0.1) is 6.04 Å². The summed E-state index contributed by atoms with van der Waals surface area (Å²) in [4.78, 5) is 14.7. The third-order valence-electron chi connectivity index (χ3n) is 5.05. The van der Waals surface area contributed by atoms with Gasteiger partial charge in [-0.2, -0.15) is 0 Å². The molecule has 0 aromatic heterocycles. The van der Waals surface area contributed by atoms with Gasteiger partial charge in [0.15, 0.2) is 0 Å². The van der Waals surface area contributed by atoms with E-state index < -0.39 is 5.60 Å². The van der Waals surface area contributed by atoms with Crippen molar-refractivity contribution >= 4 is 19.4 Å². The number of carbonyl (C=O) groups is 1. The molecule has 1 aliphatic rings. The Balaban J connectivity index is 1.84. The topological polar surface area (TPSA) is 29.5 Å². The Hall–Kier alpha value is -2.49. The van der Waals surface area contributed by atoms with Gasteiger partial charge >= 0.3 is 6.09 Å². The van der Waals surface area contributed by atoms with E-state index in [9.17, 15) is 4.79 Å². The molecule has 0 aliphatic carbocycles. The van der Waals surface area contributed by atoms with E-state index in [4.69, 9.17) is 12.6 Å². The molecule has 2 atom stereocenters.